The third-order valence-electron chi connectivity index (χ3n) is 3.14. The molecule has 6 nitrogen and oxygen atoms in total. The van der Waals surface area contributed by atoms with Gasteiger partial charge in [0.15, 0.2) is 17.3 Å². The Labute approximate surface area is 124 Å². The van der Waals surface area contributed by atoms with Gasteiger partial charge in [-0.2, -0.15) is 5.10 Å². The number of ether oxygens (including phenoxy) is 2. The highest BCUT2D eigenvalue weighted by molar-refractivity contribution is 5.43. The Morgan fingerprint density at radius 1 is 1.33 bits per heavy atom. The first-order valence-corrected chi connectivity index (χ1v) is 7.06. The second kappa shape index (κ2) is 7.08. The molecule has 0 aliphatic carbocycles. The molecule has 1 heterocycles. The van der Waals surface area contributed by atoms with Gasteiger partial charge in [-0.25, -0.2) is 9.67 Å². The van der Waals surface area contributed by atoms with Gasteiger partial charge in [0.05, 0.1) is 7.11 Å². The number of aryl methyl sites for hydroxylation is 1. The van der Waals surface area contributed by atoms with E-state index >= 15 is 0 Å². The average molecular weight is 290 g/mol. The molecule has 2 aromatic rings. The largest absolute Gasteiger partial charge is 0.493 e. The van der Waals surface area contributed by atoms with Crippen molar-refractivity contribution in [2.75, 3.05) is 7.11 Å². The molecule has 0 bridgehead atoms. The zero-order chi connectivity index (χ0) is 15.2. The summed E-state index contributed by atoms with van der Waals surface area (Å²) in [5, 5.41) is 4.12. The monoisotopic (exact) mass is 290 g/mol. The molecule has 1 aromatic heterocycles. The van der Waals surface area contributed by atoms with Crippen molar-refractivity contribution in [3.63, 3.8) is 0 Å². The first-order chi connectivity index (χ1) is 10.1. The molecule has 0 saturated carbocycles. The maximum absolute atomic E-state index is 5.82. The fraction of sp³-hybridized carbons (Fsp3) is 0.467. The number of nitrogens with two attached hydrogens (primary N) is 1. The fourth-order valence-corrected chi connectivity index (χ4v) is 2.14. The van der Waals surface area contributed by atoms with Crippen molar-refractivity contribution in [2.45, 2.75) is 39.5 Å². The molecular weight excluding hydrogens is 268 g/mol. The van der Waals surface area contributed by atoms with Crippen molar-refractivity contribution < 1.29 is 9.47 Å². The molecule has 2 N–H and O–H groups in total. The number of rotatable bonds is 7. The van der Waals surface area contributed by atoms with Crippen LogP contribution in [0.15, 0.2) is 24.5 Å². The van der Waals surface area contributed by atoms with E-state index in [1.807, 2.05) is 32.0 Å². The van der Waals surface area contributed by atoms with Gasteiger partial charge in [0.25, 0.3) is 0 Å². The van der Waals surface area contributed by atoms with Crippen LogP contribution in [0.2, 0.25) is 0 Å². The van der Waals surface area contributed by atoms with E-state index in [-0.39, 0.29) is 6.04 Å². The molecule has 1 unspecified atom stereocenters. The van der Waals surface area contributed by atoms with Crippen LogP contribution in [0.3, 0.4) is 0 Å². The van der Waals surface area contributed by atoms with Crippen LogP contribution in [0.25, 0.3) is 0 Å². The second-order valence-corrected chi connectivity index (χ2v) is 4.95. The highest BCUT2D eigenvalue weighted by Gasteiger charge is 2.09. The van der Waals surface area contributed by atoms with Gasteiger partial charge in [-0.3, -0.25) is 0 Å². The van der Waals surface area contributed by atoms with Crippen LogP contribution in [0.4, 0.5) is 0 Å². The van der Waals surface area contributed by atoms with Crippen LogP contribution in [-0.2, 0) is 19.6 Å². The maximum atomic E-state index is 5.82. The molecule has 0 amide bonds. The lowest BCUT2D eigenvalue weighted by Crippen LogP contribution is -2.17. The van der Waals surface area contributed by atoms with Gasteiger partial charge in [0.1, 0.15) is 12.9 Å². The Kier molecular flexibility index (Phi) is 5.16. The van der Waals surface area contributed by atoms with Gasteiger partial charge in [-0.15, -0.1) is 0 Å². The van der Waals surface area contributed by atoms with E-state index in [4.69, 9.17) is 15.2 Å². The quantitative estimate of drug-likeness (QED) is 0.841. The summed E-state index contributed by atoms with van der Waals surface area (Å²) in [7, 11) is 1.63. The van der Waals surface area contributed by atoms with Gasteiger partial charge in [0.2, 0.25) is 0 Å². The predicted molar refractivity (Wildman–Crippen MR) is 80.4 cm³/mol. The lowest BCUT2D eigenvalue weighted by Gasteiger charge is -2.13. The van der Waals surface area contributed by atoms with Crippen molar-refractivity contribution in [3.8, 4) is 11.5 Å². The standard InChI is InChI=1S/C15H22N4O2/c1-4-19-15(17-10-18-19)9-21-13-6-5-12(7-11(2)16)8-14(13)20-3/h5-6,8,10-11H,4,7,9,16H2,1-3H3. The van der Waals surface area contributed by atoms with Gasteiger partial charge in [-0.1, -0.05) is 6.07 Å². The smallest absolute Gasteiger partial charge is 0.164 e. The lowest BCUT2D eigenvalue weighted by atomic mass is 10.1. The molecule has 0 saturated heterocycles. The fourth-order valence-electron chi connectivity index (χ4n) is 2.14. The zero-order valence-electron chi connectivity index (χ0n) is 12.7. The van der Waals surface area contributed by atoms with Crippen molar-refractivity contribution >= 4 is 0 Å². The molecule has 21 heavy (non-hydrogen) atoms. The molecule has 0 aliphatic heterocycles. The van der Waals surface area contributed by atoms with Crippen LogP contribution >= 0.6 is 0 Å². The lowest BCUT2D eigenvalue weighted by molar-refractivity contribution is 0.269. The minimum atomic E-state index is 0.115. The summed E-state index contributed by atoms with van der Waals surface area (Å²) in [5.74, 6) is 2.19. The van der Waals surface area contributed by atoms with Crippen LogP contribution in [0, 0.1) is 0 Å². The van der Waals surface area contributed by atoms with E-state index in [1.165, 1.54) is 6.33 Å². The summed E-state index contributed by atoms with van der Waals surface area (Å²) >= 11 is 0. The number of hydrogen-bond donors (Lipinski definition) is 1. The van der Waals surface area contributed by atoms with E-state index in [9.17, 15) is 0 Å². The summed E-state index contributed by atoms with van der Waals surface area (Å²) in [6.45, 7) is 5.12. The highest BCUT2D eigenvalue weighted by Crippen LogP contribution is 2.29. The van der Waals surface area contributed by atoms with Gasteiger partial charge >= 0.3 is 0 Å². The van der Waals surface area contributed by atoms with Gasteiger partial charge < -0.3 is 15.2 Å². The number of methoxy groups -OCH3 is 1. The minimum absolute atomic E-state index is 0.115. The summed E-state index contributed by atoms with van der Waals surface area (Å²) in [6, 6.07) is 5.99. The molecule has 0 fully saturated rings. The number of benzene rings is 1. The maximum Gasteiger partial charge on any atom is 0.164 e. The number of nitrogens with zero attached hydrogens (tertiary/aromatic N) is 3. The van der Waals surface area contributed by atoms with Crippen molar-refractivity contribution in [3.05, 3.63) is 35.9 Å². The average Bonchev–Trinajstić information content (AvgIpc) is 2.92. The van der Waals surface area contributed by atoms with E-state index < -0.39 is 0 Å². The Bertz CT molecular complexity index is 581. The summed E-state index contributed by atoms with van der Waals surface area (Å²) in [4.78, 5) is 4.18. The first-order valence-electron chi connectivity index (χ1n) is 7.06. The highest BCUT2D eigenvalue weighted by atomic mass is 16.5. The number of hydrogen-bond acceptors (Lipinski definition) is 5. The molecule has 6 heteroatoms. The molecule has 0 radical (unpaired) electrons. The van der Waals surface area contributed by atoms with E-state index in [0.717, 1.165) is 24.4 Å². The normalized spacial score (nSPS) is 12.2. The molecule has 1 atom stereocenters. The molecule has 1 aromatic carbocycles. The Balaban J connectivity index is 2.09. The molecule has 2 rings (SSSR count). The van der Waals surface area contributed by atoms with Crippen LogP contribution in [0.5, 0.6) is 11.5 Å². The Morgan fingerprint density at radius 2 is 2.14 bits per heavy atom. The summed E-state index contributed by atoms with van der Waals surface area (Å²) in [6.07, 6.45) is 2.34. The summed E-state index contributed by atoms with van der Waals surface area (Å²) < 4.78 is 13.0. The van der Waals surface area contributed by atoms with Gasteiger partial charge in [0, 0.05) is 12.6 Å². The number of aromatic nitrogens is 3. The SMILES string of the molecule is CCn1ncnc1COc1ccc(CC(C)N)cc1OC. The van der Waals surface area contributed by atoms with Crippen molar-refractivity contribution in [2.24, 2.45) is 5.73 Å². The van der Waals surface area contributed by atoms with Crippen LogP contribution in [-0.4, -0.2) is 27.9 Å². The minimum Gasteiger partial charge on any atom is -0.493 e. The second-order valence-electron chi connectivity index (χ2n) is 4.95. The Morgan fingerprint density at radius 3 is 2.81 bits per heavy atom. The first kappa shape index (κ1) is 15.3. The van der Waals surface area contributed by atoms with Gasteiger partial charge in [-0.05, 0) is 38.0 Å². The van der Waals surface area contributed by atoms with E-state index in [0.29, 0.717) is 18.1 Å². The molecule has 0 spiro atoms. The molecular formula is C15H22N4O2. The topological polar surface area (TPSA) is 75.2 Å². The van der Waals surface area contributed by atoms with Crippen molar-refractivity contribution in [1.82, 2.24) is 14.8 Å². The van der Waals surface area contributed by atoms with E-state index in [1.54, 1.807) is 11.8 Å². The summed E-state index contributed by atoms with van der Waals surface area (Å²) in [5.41, 5.74) is 6.95. The van der Waals surface area contributed by atoms with Crippen LogP contribution < -0.4 is 15.2 Å². The van der Waals surface area contributed by atoms with Crippen LogP contribution in [0.1, 0.15) is 25.2 Å². The molecule has 0 aliphatic rings. The zero-order valence-corrected chi connectivity index (χ0v) is 12.7. The Hall–Kier alpha value is -2.08. The third-order valence-corrected chi connectivity index (χ3v) is 3.14. The van der Waals surface area contributed by atoms with Crippen molar-refractivity contribution in [1.29, 1.82) is 0 Å². The van der Waals surface area contributed by atoms with E-state index in [2.05, 4.69) is 10.1 Å². The molecule has 114 valence electrons. The third kappa shape index (κ3) is 3.95. The predicted octanol–water partition coefficient (Wildman–Crippen LogP) is 1.78.